The van der Waals surface area contributed by atoms with Crippen molar-refractivity contribution in [3.8, 4) is 0 Å². The van der Waals surface area contributed by atoms with Gasteiger partial charge in [-0.2, -0.15) is 0 Å². The average molecular weight is 374 g/mol. The number of halogens is 2. The van der Waals surface area contributed by atoms with Crippen LogP contribution in [0.15, 0.2) is 29.6 Å². The molecule has 0 aliphatic rings. The summed E-state index contributed by atoms with van der Waals surface area (Å²) in [4.78, 5) is 30.2. The molecule has 0 aliphatic carbocycles. The van der Waals surface area contributed by atoms with Gasteiger partial charge in [0.2, 0.25) is 5.91 Å². The fraction of sp³-hybridized carbons (Fsp3) is 0.214. The Balaban J connectivity index is 1.89. The summed E-state index contributed by atoms with van der Waals surface area (Å²) in [6, 6.07) is 4.80. The van der Waals surface area contributed by atoms with Gasteiger partial charge in [-0.05, 0) is 25.1 Å². The van der Waals surface area contributed by atoms with E-state index in [1.807, 2.05) is 0 Å². The molecule has 1 aromatic carbocycles. The van der Waals surface area contributed by atoms with Gasteiger partial charge in [-0.3, -0.25) is 4.79 Å². The molecular weight excluding hydrogens is 361 g/mol. The van der Waals surface area contributed by atoms with E-state index in [4.69, 9.17) is 27.9 Å². The number of hydrogen-bond donors (Lipinski definition) is 2. The van der Waals surface area contributed by atoms with Crippen molar-refractivity contribution < 1.29 is 14.3 Å². The molecule has 0 spiro atoms. The number of H-pyrrole nitrogens is 1. The minimum atomic E-state index is -0.484. The Morgan fingerprint density at radius 3 is 2.91 bits per heavy atom. The Kier molecular flexibility index (Phi) is 6.32. The molecule has 23 heavy (non-hydrogen) atoms. The Morgan fingerprint density at radius 1 is 1.39 bits per heavy atom. The fourth-order valence-corrected chi connectivity index (χ4v) is 2.59. The summed E-state index contributed by atoms with van der Waals surface area (Å²) in [6.07, 6.45) is 1.37. The molecule has 0 unspecified atom stereocenters. The monoisotopic (exact) mass is 373 g/mol. The normalized spacial score (nSPS) is 10.4. The number of nitrogens with one attached hydrogen (secondary N) is 2. The predicted molar refractivity (Wildman–Crippen MR) is 90.4 cm³/mol. The van der Waals surface area contributed by atoms with Crippen LogP contribution in [0.1, 0.15) is 17.4 Å². The summed E-state index contributed by atoms with van der Waals surface area (Å²) >= 11 is 13.0. The van der Waals surface area contributed by atoms with Gasteiger partial charge >= 0.3 is 5.97 Å². The number of nitrogens with zero attached hydrogens (tertiary/aromatic N) is 1. The van der Waals surface area contributed by atoms with Crippen LogP contribution in [0.2, 0.25) is 10.0 Å². The van der Waals surface area contributed by atoms with Crippen LogP contribution in [0.3, 0.4) is 0 Å². The summed E-state index contributed by atoms with van der Waals surface area (Å²) in [7, 11) is 0. The third-order valence-electron chi connectivity index (χ3n) is 2.59. The summed E-state index contributed by atoms with van der Waals surface area (Å²) in [6.45, 7) is 2.00. The van der Waals surface area contributed by atoms with Crippen LogP contribution in [0.25, 0.3) is 0 Å². The first-order valence-electron chi connectivity index (χ1n) is 6.59. The zero-order valence-corrected chi connectivity index (χ0v) is 14.4. The zero-order valence-electron chi connectivity index (χ0n) is 12.1. The Labute approximate surface area is 146 Å². The molecule has 1 aromatic heterocycles. The van der Waals surface area contributed by atoms with E-state index < -0.39 is 5.97 Å². The van der Waals surface area contributed by atoms with E-state index in [0.717, 1.165) is 11.8 Å². The number of hydrogen-bond acceptors (Lipinski definition) is 5. The van der Waals surface area contributed by atoms with E-state index in [-0.39, 0.29) is 24.0 Å². The second kappa shape index (κ2) is 8.24. The fourth-order valence-electron chi connectivity index (χ4n) is 1.60. The molecule has 9 heteroatoms. The van der Waals surface area contributed by atoms with Crippen molar-refractivity contribution in [3.63, 3.8) is 0 Å². The van der Waals surface area contributed by atoms with Gasteiger partial charge in [-0.15, -0.1) is 0 Å². The van der Waals surface area contributed by atoms with Crippen LogP contribution in [0.4, 0.5) is 5.69 Å². The van der Waals surface area contributed by atoms with Crippen LogP contribution in [0.5, 0.6) is 0 Å². The Bertz CT molecular complexity index is 721. The van der Waals surface area contributed by atoms with Crippen molar-refractivity contribution in [2.24, 2.45) is 0 Å². The first-order valence-corrected chi connectivity index (χ1v) is 8.33. The Hall–Kier alpha value is -1.70. The number of benzene rings is 1. The maximum atomic E-state index is 11.9. The van der Waals surface area contributed by atoms with Gasteiger partial charge in [0.1, 0.15) is 5.69 Å². The highest BCUT2D eigenvalue weighted by atomic mass is 35.5. The molecular formula is C14H13Cl2N3O3S. The summed E-state index contributed by atoms with van der Waals surface area (Å²) in [5.41, 5.74) is 0.684. The molecule has 1 heterocycles. The van der Waals surface area contributed by atoms with Crippen molar-refractivity contribution in [2.45, 2.75) is 12.1 Å². The van der Waals surface area contributed by atoms with Crippen LogP contribution < -0.4 is 5.32 Å². The predicted octanol–water partition coefficient (Wildman–Crippen LogP) is 3.62. The quantitative estimate of drug-likeness (QED) is 0.596. The molecule has 0 radical (unpaired) electrons. The molecule has 122 valence electrons. The van der Waals surface area contributed by atoms with Crippen molar-refractivity contribution in [1.82, 2.24) is 9.97 Å². The van der Waals surface area contributed by atoms with E-state index in [0.29, 0.717) is 20.9 Å². The minimum Gasteiger partial charge on any atom is -0.461 e. The standard InChI is InChI=1S/C14H13Cl2N3O3S/c1-2-22-13(21)11-6-17-14(19-11)23-7-12(20)18-10-5-8(15)3-4-9(10)16/h3-6H,2,7H2,1H3,(H,17,19)(H,18,20). The number of imidazole rings is 1. The number of thioether (sulfide) groups is 1. The first kappa shape index (κ1) is 17.7. The summed E-state index contributed by atoms with van der Waals surface area (Å²) in [5, 5.41) is 3.98. The number of esters is 1. The van der Waals surface area contributed by atoms with Crippen LogP contribution in [-0.4, -0.2) is 34.2 Å². The molecule has 2 aromatic rings. The number of carbonyl (C=O) groups is 2. The SMILES string of the molecule is CCOC(=O)c1cnc(SCC(=O)Nc2cc(Cl)ccc2Cl)[nH]1. The smallest absolute Gasteiger partial charge is 0.356 e. The summed E-state index contributed by atoms with van der Waals surface area (Å²) < 4.78 is 4.84. The van der Waals surface area contributed by atoms with E-state index in [1.54, 1.807) is 25.1 Å². The topological polar surface area (TPSA) is 84.1 Å². The zero-order chi connectivity index (χ0) is 16.8. The van der Waals surface area contributed by atoms with Crippen LogP contribution in [0, 0.1) is 0 Å². The number of carbonyl (C=O) groups excluding carboxylic acids is 2. The van der Waals surface area contributed by atoms with E-state index in [2.05, 4.69) is 15.3 Å². The first-order chi connectivity index (χ1) is 11.0. The van der Waals surface area contributed by atoms with Crippen LogP contribution >= 0.6 is 35.0 Å². The molecule has 0 fully saturated rings. The van der Waals surface area contributed by atoms with Gasteiger partial charge < -0.3 is 15.0 Å². The third-order valence-corrected chi connectivity index (χ3v) is 4.04. The van der Waals surface area contributed by atoms with Crippen molar-refractivity contribution in [2.75, 3.05) is 17.7 Å². The number of amides is 1. The highest BCUT2D eigenvalue weighted by Crippen LogP contribution is 2.25. The summed E-state index contributed by atoms with van der Waals surface area (Å²) in [5.74, 6) is -0.659. The molecule has 1 amide bonds. The number of rotatable bonds is 6. The van der Waals surface area contributed by atoms with Gasteiger partial charge in [-0.25, -0.2) is 9.78 Å². The second-order valence-corrected chi connectivity index (χ2v) is 6.09. The molecule has 0 bridgehead atoms. The number of aromatic nitrogens is 2. The maximum absolute atomic E-state index is 11.9. The minimum absolute atomic E-state index is 0.0959. The lowest BCUT2D eigenvalue weighted by Crippen LogP contribution is -2.14. The lowest BCUT2D eigenvalue weighted by atomic mass is 10.3. The molecule has 0 saturated carbocycles. The average Bonchev–Trinajstić information content (AvgIpc) is 2.98. The van der Waals surface area contributed by atoms with Gasteiger partial charge in [0.25, 0.3) is 0 Å². The lowest BCUT2D eigenvalue weighted by molar-refractivity contribution is -0.113. The maximum Gasteiger partial charge on any atom is 0.356 e. The lowest BCUT2D eigenvalue weighted by Gasteiger charge is -2.06. The molecule has 0 aliphatic heterocycles. The largest absolute Gasteiger partial charge is 0.461 e. The molecule has 6 nitrogen and oxygen atoms in total. The number of ether oxygens (including phenoxy) is 1. The highest BCUT2D eigenvalue weighted by Gasteiger charge is 2.12. The number of anilines is 1. The third kappa shape index (κ3) is 5.16. The van der Waals surface area contributed by atoms with Gasteiger partial charge in [0, 0.05) is 5.02 Å². The van der Waals surface area contributed by atoms with E-state index in [9.17, 15) is 9.59 Å². The van der Waals surface area contributed by atoms with Crippen molar-refractivity contribution in [3.05, 3.63) is 40.1 Å². The highest BCUT2D eigenvalue weighted by molar-refractivity contribution is 7.99. The van der Waals surface area contributed by atoms with E-state index >= 15 is 0 Å². The van der Waals surface area contributed by atoms with E-state index in [1.165, 1.54) is 6.20 Å². The molecule has 2 rings (SSSR count). The van der Waals surface area contributed by atoms with Crippen molar-refractivity contribution >= 4 is 52.5 Å². The second-order valence-electron chi connectivity index (χ2n) is 4.28. The number of aromatic amines is 1. The van der Waals surface area contributed by atoms with Gasteiger partial charge in [0.05, 0.1) is 29.3 Å². The molecule has 0 saturated heterocycles. The molecule has 2 N–H and O–H groups in total. The van der Waals surface area contributed by atoms with Gasteiger partial charge in [0.15, 0.2) is 5.16 Å². The van der Waals surface area contributed by atoms with Crippen LogP contribution in [-0.2, 0) is 9.53 Å². The van der Waals surface area contributed by atoms with Gasteiger partial charge in [-0.1, -0.05) is 35.0 Å². The molecule has 0 atom stereocenters. The Morgan fingerprint density at radius 2 is 2.17 bits per heavy atom. The van der Waals surface area contributed by atoms with Crippen molar-refractivity contribution in [1.29, 1.82) is 0 Å².